The van der Waals surface area contributed by atoms with Crippen molar-refractivity contribution in [2.24, 2.45) is 9.98 Å². The molecule has 8 nitrogen and oxygen atoms in total. The summed E-state index contributed by atoms with van der Waals surface area (Å²) in [6.07, 6.45) is 0. The lowest BCUT2D eigenvalue weighted by molar-refractivity contribution is 0.0310. The minimum atomic E-state index is -0.578. The van der Waals surface area contributed by atoms with Gasteiger partial charge in [0.2, 0.25) is 0 Å². The first-order valence-corrected chi connectivity index (χ1v) is 11.3. The van der Waals surface area contributed by atoms with E-state index >= 15 is 0 Å². The van der Waals surface area contributed by atoms with Crippen LogP contribution >= 0.6 is 0 Å². The van der Waals surface area contributed by atoms with Crippen LogP contribution in [0.15, 0.2) is 52.4 Å². The monoisotopic (exact) mass is 432 g/mol. The van der Waals surface area contributed by atoms with E-state index in [9.17, 15) is 5.11 Å². The Morgan fingerprint density at radius 3 is 2.81 bits per heavy atom. The number of nitrogens with one attached hydrogen (secondary N) is 2. The summed E-state index contributed by atoms with van der Waals surface area (Å²) in [7, 11) is 0. The summed E-state index contributed by atoms with van der Waals surface area (Å²) < 4.78 is 5.73. The van der Waals surface area contributed by atoms with Gasteiger partial charge in [-0.3, -0.25) is 9.98 Å². The van der Waals surface area contributed by atoms with E-state index in [0.717, 1.165) is 60.7 Å². The maximum absolute atomic E-state index is 9.99. The van der Waals surface area contributed by atoms with E-state index in [-0.39, 0.29) is 6.04 Å². The van der Waals surface area contributed by atoms with Crippen LogP contribution in [0.4, 0.5) is 17.1 Å². The highest BCUT2D eigenvalue weighted by atomic mass is 16.5. The van der Waals surface area contributed by atoms with Crippen molar-refractivity contribution in [1.82, 2.24) is 4.90 Å². The molecule has 0 saturated carbocycles. The van der Waals surface area contributed by atoms with Crippen LogP contribution in [-0.2, 0) is 0 Å². The van der Waals surface area contributed by atoms with Gasteiger partial charge in [0.15, 0.2) is 11.7 Å². The van der Waals surface area contributed by atoms with Gasteiger partial charge in [-0.05, 0) is 48.9 Å². The Balaban J connectivity index is 1.24. The number of benzene rings is 2. The Morgan fingerprint density at radius 2 is 2.00 bits per heavy atom. The number of aliphatic hydroxyl groups is 1. The Labute approximate surface area is 187 Å². The number of fused-ring (bicyclic) bond motifs is 2. The number of β-amino-alcohol motifs (C(OH)–C–C–N with tert-alkyl or cyclic N) is 1. The predicted molar refractivity (Wildman–Crippen MR) is 127 cm³/mol. The molecule has 2 aromatic carbocycles. The van der Waals surface area contributed by atoms with E-state index in [0.29, 0.717) is 19.7 Å². The van der Waals surface area contributed by atoms with Crippen molar-refractivity contribution in [3.8, 4) is 5.75 Å². The van der Waals surface area contributed by atoms with Gasteiger partial charge in [-0.2, -0.15) is 0 Å². The average molecular weight is 433 g/mol. The molecule has 6 rings (SSSR count). The van der Waals surface area contributed by atoms with Crippen LogP contribution in [0, 0.1) is 0 Å². The summed E-state index contributed by atoms with van der Waals surface area (Å²) in [6, 6.07) is 14.7. The Hall–Kier alpha value is -3.26. The summed E-state index contributed by atoms with van der Waals surface area (Å²) in [4.78, 5) is 14.3. The second kappa shape index (κ2) is 7.41. The van der Waals surface area contributed by atoms with Crippen LogP contribution in [0.1, 0.15) is 18.5 Å². The number of aliphatic imine (C=N–C) groups is 2. The van der Waals surface area contributed by atoms with E-state index in [1.54, 1.807) is 0 Å². The molecule has 0 aromatic heterocycles. The summed E-state index contributed by atoms with van der Waals surface area (Å²) >= 11 is 0. The zero-order chi connectivity index (χ0) is 21.7. The molecule has 166 valence electrons. The molecule has 0 aliphatic carbocycles. The lowest BCUT2D eigenvalue weighted by Crippen LogP contribution is -2.60. The van der Waals surface area contributed by atoms with Crippen molar-refractivity contribution in [3.05, 3.63) is 48.0 Å². The minimum absolute atomic E-state index is 0.0335. The molecule has 4 aliphatic rings. The molecule has 3 N–H and O–H groups in total. The van der Waals surface area contributed by atoms with Crippen molar-refractivity contribution in [3.63, 3.8) is 0 Å². The summed E-state index contributed by atoms with van der Waals surface area (Å²) in [6.45, 7) is 7.29. The average Bonchev–Trinajstić information content (AvgIpc) is 3.27. The molecule has 1 unspecified atom stereocenters. The molecule has 4 aliphatic heterocycles. The van der Waals surface area contributed by atoms with Crippen molar-refractivity contribution < 1.29 is 9.84 Å². The molecule has 1 fully saturated rings. The second-order valence-electron chi connectivity index (χ2n) is 9.20. The van der Waals surface area contributed by atoms with Crippen molar-refractivity contribution >= 4 is 28.7 Å². The van der Waals surface area contributed by atoms with Gasteiger partial charge in [0, 0.05) is 44.1 Å². The predicted octanol–water partition coefficient (Wildman–Crippen LogP) is 2.34. The fourth-order valence-corrected chi connectivity index (χ4v) is 4.83. The minimum Gasteiger partial charge on any atom is -0.490 e. The number of anilines is 3. The van der Waals surface area contributed by atoms with E-state index in [2.05, 4.69) is 56.8 Å². The van der Waals surface area contributed by atoms with Gasteiger partial charge in [-0.15, -0.1) is 0 Å². The highest BCUT2D eigenvalue weighted by Crippen LogP contribution is 2.34. The Morgan fingerprint density at radius 1 is 1.16 bits per heavy atom. The van der Waals surface area contributed by atoms with E-state index in [4.69, 9.17) is 14.7 Å². The largest absolute Gasteiger partial charge is 0.490 e. The Kier molecular flexibility index (Phi) is 4.50. The molecular weight excluding hydrogens is 404 g/mol. The van der Waals surface area contributed by atoms with Gasteiger partial charge in [-0.1, -0.05) is 6.07 Å². The van der Waals surface area contributed by atoms with E-state index in [1.165, 1.54) is 5.56 Å². The summed E-state index contributed by atoms with van der Waals surface area (Å²) in [5.41, 5.74) is 3.74. The molecule has 4 heterocycles. The summed E-state index contributed by atoms with van der Waals surface area (Å²) in [5.74, 6) is 2.68. The number of nitrogens with zero attached hydrogens (tertiary/aromatic N) is 4. The first-order valence-electron chi connectivity index (χ1n) is 11.3. The molecule has 1 saturated heterocycles. The molecular formula is C24H28N6O2. The standard InChI is InChI=1S/C24H28N6O2/c1-24(31)14-30(15-24)18-5-3-17(4-6-18)27-22-23-26-8-10-29(23)13-20(28-22)16-2-7-21-19(12-16)25-9-11-32-21/h2-7,12,20,25,31H,8-11,13-15H2,1H3,(H,27,28). The van der Waals surface area contributed by atoms with Crippen molar-refractivity contribution in [1.29, 1.82) is 0 Å². The third kappa shape index (κ3) is 3.54. The van der Waals surface area contributed by atoms with Gasteiger partial charge in [0.1, 0.15) is 12.4 Å². The van der Waals surface area contributed by atoms with Crippen LogP contribution in [0.5, 0.6) is 5.75 Å². The summed E-state index contributed by atoms with van der Waals surface area (Å²) in [5, 5.41) is 16.9. The fraction of sp³-hybridized carbons (Fsp3) is 0.417. The van der Waals surface area contributed by atoms with Gasteiger partial charge in [0.25, 0.3) is 0 Å². The molecule has 0 radical (unpaired) electrons. The molecule has 2 aromatic rings. The molecule has 8 heteroatoms. The quantitative estimate of drug-likeness (QED) is 0.691. The molecule has 1 atom stereocenters. The number of ether oxygens (including phenoxy) is 1. The van der Waals surface area contributed by atoms with E-state index in [1.807, 2.05) is 13.0 Å². The first-order chi connectivity index (χ1) is 15.5. The number of hydrogen-bond acceptors (Lipinski definition) is 8. The normalized spacial score (nSPS) is 23.1. The van der Waals surface area contributed by atoms with Crippen LogP contribution in [0.2, 0.25) is 0 Å². The molecule has 0 amide bonds. The van der Waals surface area contributed by atoms with E-state index < -0.39 is 5.60 Å². The lowest BCUT2D eigenvalue weighted by Gasteiger charge is -2.45. The molecule has 0 bridgehead atoms. The number of hydrogen-bond donors (Lipinski definition) is 3. The van der Waals surface area contributed by atoms with Crippen LogP contribution < -0.4 is 20.3 Å². The highest BCUT2D eigenvalue weighted by molar-refractivity contribution is 6.45. The van der Waals surface area contributed by atoms with Gasteiger partial charge in [-0.25, -0.2) is 0 Å². The molecule has 0 spiro atoms. The van der Waals surface area contributed by atoms with Crippen LogP contribution in [-0.4, -0.2) is 73.2 Å². The SMILES string of the molecule is CC1(O)CN(c2ccc(NC3=NC(c4ccc5c(c4)NCCO5)CN4CCN=C34)cc2)C1. The molecule has 32 heavy (non-hydrogen) atoms. The van der Waals surface area contributed by atoms with Crippen molar-refractivity contribution in [2.45, 2.75) is 18.6 Å². The fourth-order valence-electron chi connectivity index (χ4n) is 4.83. The second-order valence-corrected chi connectivity index (χ2v) is 9.20. The topological polar surface area (TPSA) is 84.7 Å². The maximum atomic E-state index is 9.99. The zero-order valence-electron chi connectivity index (χ0n) is 18.2. The van der Waals surface area contributed by atoms with Gasteiger partial charge < -0.3 is 30.3 Å². The van der Waals surface area contributed by atoms with Gasteiger partial charge in [0.05, 0.1) is 23.9 Å². The number of rotatable bonds is 3. The number of amidine groups is 2. The lowest BCUT2D eigenvalue weighted by atomic mass is 9.96. The van der Waals surface area contributed by atoms with Crippen LogP contribution in [0.25, 0.3) is 0 Å². The third-order valence-corrected chi connectivity index (χ3v) is 6.44. The zero-order valence-corrected chi connectivity index (χ0v) is 18.2. The Bertz CT molecular complexity index is 1090. The smallest absolute Gasteiger partial charge is 0.169 e. The van der Waals surface area contributed by atoms with Crippen LogP contribution in [0.3, 0.4) is 0 Å². The van der Waals surface area contributed by atoms with Gasteiger partial charge >= 0.3 is 0 Å². The maximum Gasteiger partial charge on any atom is 0.169 e. The highest BCUT2D eigenvalue weighted by Gasteiger charge is 2.36. The first kappa shape index (κ1) is 19.4. The van der Waals surface area contributed by atoms with Crippen molar-refractivity contribution in [2.75, 3.05) is 61.4 Å². The third-order valence-electron chi connectivity index (χ3n) is 6.44.